The maximum atomic E-state index is 12.5. The standard InChI is InChI=1S/C19H21ClF2N4O2/c1-11-7-17(25-19(23)24-11)26-5-2-6-28-10-15(26)13-4-3-12(8-14(13)20)9-16(27)18(21)22/h3-4,7-8,15,18H,2,5-6,9-10H2,1H3,(H2,23,24,25)/t15-/m0/s1. The van der Waals surface area contributed by atoms with E-state index in [-0.39, 0.29) is 18.4 Å². The molecular formula is C19H21ClF2N4O2. The van der Waals surface area contributed by atoms with Gasteiger partial charge in [0.1, 0.15) is 5.82 Å². The summed E-state index contributed by atoms with van der Waals surface area (Å²) in [6, 6.07) is 6.56. The van der Waals surface area contributed by atoms with E-state index in [1.165, 1.54) is 0 Å². The molecule has 1 aromatic heterocycles. The number of hydrogen-bond donors (Lipinski definition) is 1. The van der Waals surface area contributed by atoms with Gasteiger partial charge < -0.3 is 15.4 Å². The van der Waals surface area contributed by atoms with Crippen LogP contribution in [0.25, 0.3) is 0 Å². The van der Waals surface area contributed by atoms with Gasteiger partial charge in [-0.1, -0.05) is 23.7 Å². The number of aromatic nitrogens is 2. The highest BCUT2D eigenvalue weighted by Crippen LogP contribution is 2.33. The average Bonchev–Trinajstić information content (AvgIpc) is 2.87. The molecular weight excluding hydrogens is 390 g/mol. The summed E-state index contributed by atoms with van der Waals surface area (Å²) in [5, 5.41) is 0.388. The van der Waals surface area contributed by atoms with E-state index in [9.17, 15) is 13.6 Å². The van der Waals surface area contributed by atoms with E-state index in [1.807, 2.05) is 13.0 Å². The summed E-state index contributed by atoms with van der Waals surface area (Å²) in [6.07, 6.45) is -2.54. The molecule has 1 aliphatic rings. The minimum absolute atomic E-state index is 0.186. The Morgan fingerprint density at radius 3 is 2.86 bits per heavy atom. The van der Waals surface area contributed by atoms with Gasteiger partial charge in [0, 0.05) is 36.4 Å². The molecule has 1 aliphatic heterocycles. The average molecular weight is 411 g/mol. The fourth-order valence-corrected chi connectivity index (χ4v) is 3.59. The number of Topliss-reactive ketones (excluding diaryl/α,β-unsaturated/α-hetero) is 1. The van der Waals surface area contributed by atoms with E-state index in [0.29, 0.717) is 36.2 Å². The number of benzene rings is 1. The molecule has 1 atom stereocenters. The minimum Gasteiger partial charge on any atom is -0.379 e. The lowest BCUT2D eigenvalue weighted by molar-refractivity contribution is -0.128. The Kier molecular flexibility index (Phi) is 6.41. The van der Waals surface area contributed by atoms with Gasteiger partial charge in [-0.2, -0.15) is 4.98 Å². The fraction of sp³-hybridized carbons (Fsp3) is 0.421. The largest absolute Gasteiger partial charge is 0.379 e. The molecule has 0 amide bonds. The number of halogens is 3. The molecule has 1 saturated heterocycles. The lowest BCUT2D eigenvalue weighted by atomic mass is 10.0. The first kappa shape index (κ1) is 20.4. The summed E-state index contributed by atoms with van der Waals surface area (Å²) in [5.74, 6) is -0.269. The van der Waals surface area contributed by atoms with Crippen molar-refractivity contribution >= 4 is 29.2 Å². The second-order valence-electron chi connectivity index (χ2n) is 6.66. The predicted molar refractivity (Wildman–Crippen MR) is 103 cm³/mol. The molecule has 0 aliphatic carbocycles. The highest BCUT2D eigenvalue weighted by molar-refractivity contribution is 6.31. The molecule has 0 radical (unpaired) electrons. The summed E-state index contributed by atoms with van der Waals surface area (Å²) < 4.78 is 30.7. The second-order valence-corrected chi connectivity index (χ2v) is 7.07. The van der Waals surface area contributed by atoms with Crippen LogP contribution in [0.15, 0.2) is 24.3 Å². The van der Waals surface area contributed by atoms with Crippen LogP contribution in [0.1, 0.15) is 29.3 Å². The van der Waals surface area contributed by atoms with E-state index >= 15 is 0 Å². The number of carbonyl (C=O) groups is 1. The van der Waals surface area contributed by atoms with Crippen LogP contribution >= 0.6 is 11.6 Å². The number of aryl methyl sites for hydroxylation is 1. The number of ether oxygens (including phenoxy) is 1. The van der Waals surface area contributed by atoms with Crippen molar-refractivity contribution in [1.29, 1.82) is 0 Å². The van der Waals surface area contributed by atoms with Crippen molar-refractivity contribution in [1.82, 2.24) is 9.97 Å². The molecule has 9 heteroatoms. The van der Waals surface area contributed by atoms with Crippen molar-refractivity contribution in [3.63, 3.8) is 0 Å². The van der Waals surface area contributed by atoms with Gasteiger partial charge in [0.15, 0.2) is 0 Å². The number of anilines is 2. The number of rotatable bonds is 5. The Morgan fingerprint density at radius 2 is 2.18 bits per heavy atom. The smallest absolute Gasteiger partial charge is 0.296 e. The topological polar surface area (TPSA) is 81.3 Å². The Labute approximate surface area is 166 Å². The van der Waals surface area contributed by atoms with Gasteiger partial charge in [0.2, 0.25) is 11.7 Å². The summed E-state index contributed by atoms with van der Waals surface area (Å²) in [6.45, 7) is 3.51. The van der Waals surface area contributed by atoms with Crippen molar-refractivity contribution in [2.45, 2.75) is 32.2 Å². The molecule has 1 aromatic carbocycles. The van der Waals surface area contributed by atoms with Crippen LogP contribution < -0.4 is 10.6 Å². The van der Waals surface area contributed by atoms with E-state index in [1.54, 1.807) is 18.2 Å². The van der Waals surface area contributed by atoms with Crippen molar-refractivity contribution < 1.29 is 18.3 Å². The minimum atomic E-state index is -2.99. The Hall–Kier alpha value is -2.32. The van der Waals surface area contributed by atoms with Crippen LogP contribution in [-0.2, 0) is 16.0 Å². The zero-order chi connectivity index (χ0) is 20.3. The molecule has 28 heavy (non-hydrogen) atoms. The van der Waals surface area contributed by atoms with Gasteiger partial charge in [0.05, 0.1) is 12.6 Å². The first-order valence-corrected chi connectivity index (χ1v) is 9.27. The Bertz CT molecular complexity index is 846. The molecule has 2 N–H and O–H groups in total. The van der Waals surface area contributed by atoms with Crippen molar-refractivity contribution in [3.05, 3.63) is 46.1 Å². The van der Waals surface area contributed by atoms with Crippen LogP contribution in [-0.4, -0.2) is 41.9 Å². The predicted octanol–water partition coefficient (Wildman–Crippen LogP) is 3.37. The summed E-state index contributed by atoms with van der Waals surface area (Å²) >= 11 is 6.46. The second kappa shape index (κ2) is 8.79. The number of carbonyl (C=O) groups excluding carboxylic acids is 1. The van der Waals surface area contributed by atoms with Crippen LogP contribution in [0.3, 0.4) is 0 Å². The van der Waals surface area contributed by atoms with Gasteiger partial charge in [-0.3, -0.25) is 4.79 Å². The summed E-state index contributed by atoms with van der Waals surface area (Å²) in [5.41, 5.74) is 7.78. The lowest BCUT2D eigenvalue weighted by Gasteiger charge is -2.31. The normalized spacial score (nSPS) is 17.6. The van der Waals surface area contributed by atoms with Crippen LogP contribution in [0.2, 0.25) is 5.02 Å². The monoisotopic (exact) mass is 410 g/mol. The Morgan fingerprint density at radius 1 is 1.39 bits per heavy atom. The number of ketones is 1. The molecule has 0 bridgehead atoms. The highest BCUT2D eigenvalue weighted by atomic mass is 35.5. The van der Waals surface area contributed by atoms with E-state index in [0.717, 1.165) is 17.7 Å². The van der Waals surface area contributed by atoms with Crippen LogP contribution in [0.4, 0.5) is 20.5 Å². The third-order valence-corrected chi connectivity index (χ3v) is 4.86. The van der Waals surface area contributed by atoms with Crippen LogP contribution in [0.5, 0.6) is 0 Å². The molecule has 0 spiro atoms. The van der Waals surface area contributed by atoms with E-state index < -0.39 is 12.2 Å². The lowest BCUT2D eigenvalue weighted by Crippen LogP contribution is -2.32. The quantitative estimate of drug-likeness (QED) is 0.813. The van der Waals surface area contributed by atoms with Crippen molar-refractivity contribution in [3.8, 4) is 0 Å². The van der Waals surface area contributed by atoms with Gasteiger partial charge in [0.25, 0.3) is 6.43 Å². The number of alkyl halides is 2. The van der Waals surface area contributed by atoms with E-state index in [2.05, 4.69) is 14.9 Å². The molecule has 0 unspecified atom stereocenters. The van der Waals surface area contributed by atoms with Crippen LogP contribution in [0, 0.1) is 6.92 Å². The maximum Gasteiger partial charge on any atom is 0.296 e. The summed E-state index contributed by atoms with van der Waals surface area (Å²) in [4.78, 5) is 21.8. The van der Waals surface area contributed by atoms with Gasteiger partial charge in [-0.05, 0) is 30.5 Å². The third-order valence-electron chi connectivity index (χ3n) is 4.54. The zero-order valence-electron chi connectivity index (χ0n) is 15.4. The third kappa shape index (κ3) is 4.74. The van der Waals surface area contributed by atoms with Gasteiger partial charge in [-0.25, -0.2) is 13.8 Å². The molecule has 0 saturated carbocycles. The number of hydrogen-bond acceptors (Lipinski definition) is 6. The van der Waals surface area contributed by atoms with Crippen molar-refractivity contribution in [2.24, 2.45) is 0 Å². The van der Waals surface area contributed by atoms with Gasteiger partial charge >= 0.3 is 0 Å². The molecule has 150 valence electrons. The molecule has 2 heterocycles. The number of nitrogens with two attached hydrogens (primary N) is 1. The first-order valence-electron chi connectivity index (χ1n) is 8.90. The fourth-order valence-electron chi connectivity index (χ4n) is 3.26. The summed E-state index contributed by atoms with van der Waals surface area (Å²) in [7, 11) is 0. The molecule has 2 aromatic rings. The number of nitrogen functional groups attached to an aromatic ring is 1. The molecule has 1 fully saturated rings. The molecule has 3 rings (SSSR count). The zero-order valence-corrected chi connectivity index (χ0v) is 16.1. The number of nitrogens with zero attached hydrogens (tertiary/aromatic N) is 3. The Balaban J connectivity index is 1.93. The van der Waals surface area contributed by atoms with E-state index in [4.69, 9.17) is 22.1 Å². The van der Waals surface area contributed by atoms with Crippen molar-refractivity contribution in [2.75, 3.05) is 30.4 Å². The molecule has 6 nitrogen and oxygen atoms in total. The first-order chi connectivity index (χ1) is 13.3. The van der Waals surface area contributed by atoms with Gasteiger partial charge in [-0.15, -0.1) is 0 Å². The SMILES string of the molecule is Cc1cc(N2CCCOC[C@H]2c2ccc(CC(=O)C(F)F)cc2Cl)nc(N)n1. The highest BCUT2D eigenvalue weighted by Gasteiger charge is 2.27. The maximum absolute atomic E-state index is 12.5.